The highest BCUT2D eigenvalue weighted by molar-refractivity contribution is 9.10. The minimum atomic E-state index is -0.0276. The molecule has 0 aliphatic carbocycles. The number of nitrogens with zero attached hydrogens (tertiary/aromatic N) is 1. The highest BCUT2D eigenvalue weighted by Crippen LogP contribution is 2.24. The molecule has 0 bridgehead atoms. The van der Waals surface area contributed by atoms with Gasteiger partial charge in [0.05, 0.1) is 6.04 Å². The fourth-order valence-electron chi connectivity index (χ4n) is 2.85. The van der Waals surface area contributed by atoms with E-state index in [9.17, 15) is 4.79 Å². The second kappa shape index (κ2) is 6.53. The van der Waals surface area contributed by atoms with E-state index in [4.69, 9.17) is 0 Å². The van der Waals surface area contributed by atoms with Crippen molar-refractivity contribution in [1.29, 1.82) is 0 Å². The summed E-state index contributed by atoms with van der Waals surface area (Å²) in [4.78, 5) is 14.4. The molecular formula is C18H19BrN2O. The minimum absolute atomic E-state index is 0.00208. The third-order valence-electron chi connectivity index (χ3n) is 4.13. The summed E-state index contributed by atoms with van der Waals surface area (Å²) in [6, 6.07) is 16.3. The molecule has 2 aromatic rings. The fraction of sp³-hybridized carbons (Fsp3) is 0.278. The Morgan fingerprint density at radius 3 is 2.59 bits per heavy atom. The molecular weight excluding hydrogens is 340 g/mol. The maximum atomic E-state index is 12.5. The number of halogens is 1. The van der Waals surface area contributed by atoms with Gasteiger partial charge in [-0.05, 0) is 36.1 Å². The summed E-state index contributed by atoms with van der Waals surface area (Å²) in [5.74, 6) is 0. The zero-order chi connectivity index (χ0) is 15.5. The van der Waals surface area contributed by atoms with Gasteiger partial charge in [-0.2, -0.15) is 0 Å². The predicted octanol–water partition coefficient (Wildman–Crippen LogP) is 4.28. The first-order valence-corrected chi connectivity index (χ1v) is 8.31. The second-order valence-electron chi connectivity index (χ2n) is 5.63. The molecule has 3 rings (SSSR count). The monoisotopic (exact) mass is 358 g/mol. The molecule has 0 radical (unpaired) electrons. The third-order valence-corrected chi connectivity index (χ3v) is 4.85. The van der Waals surface area contributed by atoms with Crippen molar-refractivity contribution in [1.82, 2.24) is 10.2 Å². The molecule has 0 saturated carbocycles. The number of benzene rings is 2. The van der Waals surface area contributed by atoms with E-state index in [1.165, 1.54) is 11.1 Å². The van der Waals surface area contributed by atoms with Crippen LogP contribution in [0.1, 0.15) is 29.7 Å². The van der Waals surface area contributed by atoms with E-state index in [1.54, 1.807) is 0 Å². The van der Waals surface area contributed by atoms with Crippen LogP contribution in [0.15, 0.2) is 53.0 Å². The maximum absolute atomic E-state index is 12.5. The van der Waals surface area contributed by atoms with Crippen molar-refractivity contribution in [3.63, 3.8) is 0 Å². The first-order valence-electron chi connectivity index (χ1n) is 7.52. The highest BCUT2D eigenvalue weighted by atomic mass is 79.9. The quantitative estimate of drug-likeness (QED) is 0.853. The van der Waals surface area contributed by atoms with Gasteiger partial charge in [-0.1, -0.05) is 58.4 Å². The predicted molar refractivity (Wildman–Crippen MR) is 91.6 cm³/mol. The lowest BCUT2D eigenvalue weighted by Gasteiger charge is -2.30. The number of carbonyl (C=O) groups is 1. The van der Waals surface area contributed by atoms with Crippen LogP contribution in [-0.4, -0.2) is 17.5 Å². The number of urea groups is 1. The van der Waals surface area contributed by atoms with E-state index in [2.05, 4.69) is 39.4 Å². The van der Waals surface area contributed by atoms with Gasteiger partial charge in [-0.3, -0.25) is 0 Å². The highest BCUT2D eigenvalue weighted by Gasteiger charge is 2.22. The van der Waals surface area contributed by atoms with Crippen LogP contribution in [0.5, 0.6) is 0 Å². The van der Waals surface area contributed by atoms with Crippen LogP contribution in [0, 0.1) is 0 Å². The maximum Gasteiger partial charge on any atom is 0.318 e. The Labute approximate surface area is 139 Å². The summed E-state index contributed by atoms with van der Waals surface area (Å²) < 4.78 is 1.02. The first-order chi connectivity index (χ1) is 10.6. The van der Waals surface area contributed by atoms with Gasteiger partial charge in [0, 0.05) is 17.6 Å². The summed E-state index contributed by atoms with van der Waals surface area (Å²) in [6.45, 7) is 3.46. The summed E-state index contributed by atoms with van der Waals surface area (Å²) in [5, 5.41) is 3.09. The van der Waals surface area contributed by atoms with Gasteiger partial charge >= 0.3 is 6.03 Å². The van der Waals surface area contributed by atoms with Crippen molar-refractivity contribution in [2.75, 3.05) is 6.54 Å². The average Bonchev–Trinajstić information content (AvgIpc) is 2.54. The molecule has 0 fully saturated rings. The number of fused-ring (bicyclic) bond motifs is 1. The zero-order valence-corrected chi connectivity index (χ0v) is 14.1. The van der Waals surface area contributed by atoms with Gasteiger partial charge in [0.1, 0.15) is 0 Å². The Morgan fingerprint density at radius 1 is 1.14 bits per heavy atom. The van der Waals surface area contributed by atoms with Crippen LogP contribution < -0.4 is 5.32 Å². The van der Waals surface area contributed by atoms with Gasteiger partial charge in [0.2, 0.25) is 0 Å². The van der Waals surface area contributed by atoms with E-state index in [1.807, 2.05) is 42.2 Å². The molecule has 1 aliphatic rings. The molecule has 0 spiro atoms. The Balaban J connectivity index is 1.67. The lowest BCUT2D eigenvalue weighted by Crippen LogP contribution is -2.43. The molecule has 1 unspecified atom stereocenters. The molecule has 22 heavy (non-hydrogen) atoms. The molecule has 1 aliphatic heterocycles. The largest absolute Gasteiger partial charge is 0.331 e. The smallest absolute Gasteiger partial charge is 0.318 e. The molecule has 2 amide bonds. The van der Waals surface area contributed by atoms with Crippen molar-refractivity contribution in [2.45, 2.75) is 25.9 Å². The van der Waals surface area contributed by atoms with E-state index in [-0.39, 0.29) is 12.1 Å². The molecule has 1 heterocycles. The second-order valence-corrected chi connectivity index (χ2v) is 6.49. The average molecular weight is 359 g/mol. The van der Waals surface area contributed by atoms with Crippen molar-refractivity contribution < 1.29 is 4.79 Å². The van der Waals surface area contributed by atoms with Crippen LogP contribution in [0.4, 0.5) is 4.79 Å². The van der Waals surface area contributed by atoms with Gasteiger partial charge in [0.25, 0.3) is 0 Å². The molecule has 4 heteroatoms. The zero-order valence-electron chi connectivity index (χ0n) is 12.6. The Morgan fingerprint density at radius 2 is 1.82 bits per heavy atom. The first kappa shape index (κ1) is 15.1. The number of hydrogen-bond donors (Lipinski definition) is 1. The molecule has 1 atom stereocenters. The number of amides is 2. The van der Waals surface area contributed by atoms with E-state index in [0.29, 0.717) is 6.54 Å². The number of carbonyl (C=O) groups excluding carboxylic acids is 1. The summed E-state index contributed by atoms with van der Waals surface area (Å²) in [6.07, 6.45) is 0.924. The van der Waals surface area contributed by atoms with Crippen LogP contribution in [0.25, 0.3) is 0 Å². The van der Waals surface area contributed by atoms with Crippen molar-refractivity contribution in [2.24, 2.45) is 0 Å². The molecule has 1 N–H and O–H groups in total. The van der Waals surface area contributed by atoms with Gasteiger partial charge in [0.15, 0.2) is 0 Å². The number of nitrogens with one attached hydrogen (secondary N) is 1. The van der Waals surface area contributed by atoms with Crippen LogP contribution in [0.3, 0.4) is 0 Å². The fourth-order valence-corrected chi connectivity index (χ4v) is 3.48. The standard InChI is InChI=1S/C18H19BrN2O/c1-13(16-8-4-5-9-17(16)19)20-18(22)21-11-10-14-6-2-3-7-15(14)12-21/h2-9,13H,10-12H2,1H3,(H,20,22). The number of hydrogen-bond acceptors (Lipinski definition) is 1. The summed E-state index contributed by atoms with van der Waals surface area (Å²) in [5.41, 5.74) is 3.69. The van der Waals surface area contributed by atoms with Crippen LogP contribution in [0.2, 0.25) is 0 Å². The SMILES string of the molecule is CC(NC(=O)N1CCc2ccccc2C1)c1ccccc1Br. The molecule has 2 aromatic carbocycles. The van der Waals surface area contributed by atoms with Gasteiger partial charge in [-0.15, -0.1) is 0 Å². The van der Waals surface area contributed by atoms with E-state index < -0.39 is 0 Å². The Hall–Kier alpha value is -1.81. The molecule has 3 nitrogen and oxygen atoms in total. The van der Waals surface area contributed by atoms with Crippen LogP contribution >= 0.6 is 15.9 Å². The molecule has 0 aromatic heterocycles. The minimum Gasteiger partial charge on any atom is -0.331 e. The van der Waals surface area contributed by atoms with Crippen molar-refractivity contribution >= 4 is 22.0 Å². The van der Waals surface area contributed by atoms with E-state index in [0.717, 1.165) is 23.0 Å². The van der Waals surface area contributed by atoms with Crippen molar-refractivity contribution in [3.05, 3.63) is 69.7 Å². The lowest BCUT2D eigenvalue weighted by atomic mass is 10.0. The van der Waals surface area contributed by atoms with Crippen LogP contribution in [-0.2, 0) is 13.0 Å². The topological polar surface area (TPSA) is 32.3 Å². The van der Waals surface area contributed by atoms with Gasteiger partial charge in [-0.25, -0.2) is 4.79 Å². The lowest BCUT2D eigenvalue weighted by molar-refractivity contribution is 0.189. The molecule has 0 saturated heterocycles. The Bertz CT molecular complexity index is 686. The Kier molecular flexibility index (Phi) is 4.48. The third kappa shape index (κ3) is 3.17. The van der Waals surface area contributed by atoms with Gasteiger partial charge < -0.3 is 10.2 Å². The normalized spacial score (nSPS) is 15.1. The number of rotatable bonds is 2. The summed E-state index contributed by atoms with van der Waals surface area (Å²) >= 11 is 3.54. The molecule has 114 valence electrons. The summed E-state index contributed by atoms with van der Waals surface area (Å²) in [7, 11) is 0. The van der Waals surface area contributed by atoms with E-state index >= 15 is 0 Å². The van der Waals surface area contributed by atoms with Crippen molar-refractivity contribution in [3.8, 4) is 0 Å².